The second-order valence-corrected chi connectivity index (χ2v) is 4.68. The summed E-state index contributed by atoms with van der Waals surface area (Å²) in [5.41, 5.74) is 4.06. The molecule has 0 spiro atoms. The standard InChI is InChI=1S/C16H20N2/c1-13-6-3-4-8-15(13)11-16(17-2)10-14-7-5-9-18-12-14/h3-9,12,16-17H,10-11H2,1-2H3. The minimum atomic E-state index is 0.454. The van der Waals surface area contributed by atoms with Crippen LogP contribution in [0.25, 0.3) is 0 Å². The van der Waals surface area contributed by atoms with Crippen molar-refractivity contribution in [2.75, 3.05) is 7.05 Å². The van der Waals surface area contributed by atoms with Crippen molar-refractivity contribution in [1.29, 1.82) is 0 Å². The van der Waals surface area contributed by atoms with E-state index in [1.165, 1.54) is 16.7 Å². The van der Waals surface area contributed by atoms with Gasteiger partial charge < -0.3 is 5.32 Å². The molecule has 2 rings (SSSR count). The Morgan fingerprint density at radius 3 is 2.61 bits per heavy atom. The molecule has 0 fully saturated rings. The summed E-state index contributed by atoms with van der Waals surface area (Å²) in [4.78, 5) is 4.17. The maximum atomic E-state index is 4.17. The van der Waals surface area contributed by atoms with E-state index in [4.69, 9.17) is 0 Å². The smallest absolute Gasteiger partial charge is 0.0300 e. The van der Waals surface area contributed by atoms with E-state index in [0.29, 0.717) is 6.04 Å². The topological polar surface area (TPSA) is 24.9 Å². The van der Waals surface area contributed by atoms with Gasteiger partial charge in [0.25, 0.3) is 0 Å². The van der Waals surface area contributed by atoms with E-state index >= 15 is 0 Å². The van der Waals surface area contributed by atoms with Crippen molar-refractivity contribution in [3.8, 4) is 0 Å². The normalized spacial score (nSPS) is 12.3. The molecule has 2 aromatic rings. The highest BCUT2D eigenvalue weighted by atomic mass is 14.9. The number of aromatic nitrogens is 1. The highest BCUT2D eigenvalue weighted by molar-refractivity contribution is 5.26. The molecular weight excluding hydrogens is 220 g/mol. The van der Waals surface area contributed by atoms with Gasteiger partial charge in [-0.15, -0.1) is 0 Å². The Morgan fingerprint density at radius 2 is 1.94 bits per heavy atom. The van der Waals surface area contributed by atoms with E-state index in [9.17, 15) is 0 Å². The third-order valence-electron chi connectivity index (χ3n) is 3.34. The Morgan fingerprint density at radius 1 is 1.11 bits per heavy atom. The van der Waals surface area contributed by atoms with Gasteiger partial charge in [-0.3, -0.25) is 4.98 Å². The van der Waals surface area contributed by atoms with Gasteiger partial charge in [-0.25, -0.2) is 0 Å². The molecule has 0 bridgehead atoms. The van der Waals surface area contributed by atoms with Gasteiger partial charge in [0.1, 0.15) is 0 Å². The first-order valence-electron chi connectivity index (χ1n) is 6.40. The van der Waals surface area contributed by atoms with Gasteiger partial charge in [-0.05, 0) is 49.6 Å². The summed E-state index contributed by atoms with van der Waals surface area (Å²) < 4.78 is 0. The van der Waals surface area contributed by atoms with Crippen LogP contribution in [0, 0.1) is 6.92 Å². The van der Waals surface area contributed by atoms with Crippen molar-refractivity contribution in [1.82, 2.24) is 10.3 Å². The van der Waals surface area contributed by atoms with E-state index < -0.39 is 0 Å². The Hall–Kier alpha value is -1.67. The largest absolute Gasteiger partial charge is 0.316 e. The number of hydrogen-bond donors (Lipinski definition) is 1. The minimum absolute atomic E-state index is 0.454. The first kappa shape index (κ1) is 12.8. The van der Waals surface area contributed by atoms with Crippen LogP contribution in [0.5, 0.6) is 0 Å². The molecular formula is C16H20N2. The minimum Gasteiger partial charge on any atom is -0.316 e. The molecule has 0 amide bonds. The Kier molecular flexibility index (Phi) is 4.48. The molecule has 0 saturated heterocycles. The zero-order valence-electron chi connectivity index (χ0n) is 11.1. The third-order valence-corrected chi connectivity index (χ3v) is 3.34. The van der Waals surface area contributed by atoms with E-state index in [2.05, 4.69) is 47.6 Å². The molecule has 1 aromatic carbocycles. The highest BCUT2D eigenvalue weighted by Crippen LogP contribution is 2.12. The van der Waals surface area contributed by atoms with Crippen LogP contribution >= 0.6 is 0 Å². The number of rotatable bonds is 5. The number of aryl methyl sites for hydroxylation is 1. The number of nitrogens with one attached hydrogen (secondary N) is 1. The fourth-order valence-electron chi connectivity index (χ4n) is 2.18. The predicted octanol–water partition coefficient (Wildman–Crippen LogP) is 2.76. The first-order chi connectivity index (χ1) is 8.79. The van der Waals surface area contributed by atoms with E-state index in [1.807, 2.05) is 25.5 Å². The summed E-state index contributed by atoms with van der Waals surface area (Å²) in [5, 5.41) is 3.40. The summed E-state index contributed by atoms with van der Waals surface area (Å²) in [5.74, 6) is 0. The van der Waals surface area contributed by atoms with Crippen LogP contribution in [0.15, 0.2) is 48.8 Å². The third kappa shape index (κ3) is 3.41. The molecule has 0 aliphatic rings. The fraction of sp³-hybridized carbons (Fsp3) is 0.312. The van der Waals surface area contributed by atoms with Gasteiger partial charge in [0, 0.05) is 18.4 Å². The molecule has 0 radical (unpaired) electrons. The van der Waals surface area contributed by atoms with E-state index in [-0.39, 0.29) is 0 Å². The number of hydrogen-bond acceptors (Lipinski definition) is 2. The lowest BCUT2D eigenvalue weighted by molar-refractivity contribution is 0.554. The molecule has 0 aliphatic carbocycles. The fourth-order valence-corrected chi connectivity index (χ4v) is 2.18. The molecule has 2 nitrogen and oxygen atoms in total. The summed E-state index contributed by atoms with van der Waals surface area (Å²) in [6, 6.07) is 13.2. The van der Waals surface area contributed by atoms with Gasteiger partial charge in [0.2, 0.25) is 0 Å². The van der Waals surface area contributed by atoms with Crippen LogP contribution in [-0.2, 0) is 12.8 Å². The molecule has 1 aromatic heterocycles. The maximum absolute atomic E-state index is 4.17. The number of nitrogens with zero attached hydrogens (tertiary/aromatic N) is 1. The van der Waals surface area contributed by atoms with Crippen molar-refractivity contribution in [2.24, 2.45) is 0 Å². The molecule has 1 N–H and O–H groups in total. The lowest BCUT2D eigenvalue weighted by Crippen LogP contribution is -2.30. The van der Waals surface area contributed by atoms with Crippen molar-refractivity contribution in [3.63, 3.8) is 0 Å². The number of benzene rings is 1. The Balaban J connectivity index is 2.04. The molecule has 1 unspecified atom stereocenters. The van der Waals surface area contributed by atoms with Gasteiger partial charge in [0.05, 0.1) is 0 Å². The summed E-state index contributed by atoms with van der Waals surface area (Å²) >= 11 is 0. The number of pyridine rings is 1. The van der Waals surface area contributed by atoms with Crippen LogP contribution in [0.3, 0.4) is 0 Å². The first-order valence-corrected chi connectivity index (χ1v) is 6.40. The van der Waals surface area contributed by atoms with Crippen LogP contribution in [0.2, 0.25) is 0 Å². The molecule has 0 aliphatic heterocycles. The highest BCUT2D eigenvalue weighted by Gasteiger charge is 2.09. The SMILES string of the molecule is CNC(Cc1cccnc1)Cc1ccccc1C. The number of likely N-dealkylation sites (N-methyl/N-ethyl adjacent to an activating group) is 1. The van der Waals surface area contributed by atoms with Gasteiger partial charge in [-0.2, -0.15) is 0 Å². The summed E-state index contributed by atoms with van der Waals surface area (Å²) in [6.07, 6.45) is 5.83. The van der Waals surface area contributed by atoms with Crippen LogP contribution in [-0.4, -0.2) is 18.1 Å². The van der Waals surface area contributed by atoms with Crippen molar-refractivity contribution >= 4 is 0 Å². The van der Waals surface area contributed by atoms with Crippen LogP contribution in [0.1, 0.15) is 16.7 Å². The monoisotopic (exact) mass is 240 g/mol. The molecule has 0 saturated carbocycles. The molecule has 1 atom stereocenters. The molecule has 2 heteroatoms. The second kappa shape index (κ2) is 6.31. The van der Waals surface area contributed by atoms with Crippen LogP contribution in [0.4, 0.5) is 0 Å². The molecule has 18 heavy (non-hydrogen) atoms. The second-order valence-electron chi connectivity index (χ2n) is 4.68. The predicted molar refractivity (Wildman–Crippen MR) is 75.7 cm³/mol. The average Bonchev–Trinajstić information content (AvgIpc) is 2.41. The molecule has 94 valence electrons. The molecule has 1 heterocycles. The van der Waals surface area contributed by atoms with E-state index in [1.54, 1.807) is 0 Å². The zero-order chi connectivity index (χ0) is 12.8. The Labute approximate surface area is 109 Å². The summed E-state index contributed by atoms with van der Waals surface area (Å²) in [6.45, 7) is 2.17. The maximum Gasteiger partial charge on any atom is 0.0300 e. The lowest BCUT2D eigenvalue weighted by atomic mass is 9.97. The lowest BCUT2D eigenvalue weighted by Gasteiger charge is -2.17. The van der Waals surface area contributed by atoms with Gasteiger partial charge in [0.15, 0.2) is 0 Å². The van der Waals surface area contributed by atoms with E-state index in [0.717, 1.165) is 12.8 Å². The van der Waals surface area contributed by atoms with Crippen molar-refractivity contribution in [3.05, 3.63) is 65.5 Å². The van der Waals surface area contributed by atoms with Crippen molar-refractivity contribution < 1.29 is 0 Å². The van der Waals surface area contributed by atoms with Gasteiger partial charge >= 0.3 is 0 Å². The van der Waals surface area contributed by atoms with Gasteiger partial charge in [-0.1, -0.05) is 30.3 Å². The quantitative estimate of drug-likeness (QED) is 0.869. The van der Waals surface area contributed by atoms with Crippen molar-refractivity contribution in [2.45, 2.75) is 25.8 Å². The zero-order valence-corrected chi connectivity index (χ0v) is 11.1. The summed E-state index contributed by atoms with van der Waals surface area (Å²) in [7, 11) is 2.03. The van der Waals surface area contributed by atoms with Crippen LogP contribution < -0.4 is 5.32 Å². The Bertz CT molecular complexity index is 479. The average molecular weight is 240 g/mol.